The van der Waals surface area contributed by atoms with Crippen LogP contribution in [-0.4, -0.2) is 5.91 Å². The number of nitrogens with one attached hydrogen (secondary N) is 2. The molecule has 1 aromatic heterocycles. The lowest BCUT2D eigenvalue weighted by Crippen LogP contribution is -2.10. The molecule has 0 saturated heterocycles. The number of carbonyl (C=O) groups is 1. The molecule has 6 heteroatoms. The van der Waals surface area contributed by atoms with E-state index in [2.05, 4.69) is 10.6 Å². The normalized spacial score (nSPS) is 13.1. The molecule has 0 atom stereocenters. The van der Waals surface area contributed by atoms with Gasteiger partial charge in [-0.05, 0) is 12.5 Å². The van der Waals surface area contributed by atoms with E-state index in [9.17, 15) is 13.6 Å². The molecule has 0 radical (unpaired) electrons. The van der Waals surface area contributed by atoms with Crippen LogP contribution in [0.3, 0.4) is 0 Å². The van der Waals surface area contributed by atoms with Gasteiger partial charge in [0.25, 0.3) is 5.91 Å². The van der Waals surface area contributed by atoms with Gasteiger partial charge in [0.15, 0.2) is 11.6 Å². The van der Waals surface area contributed by atoms with Crippen molar-refractivity contribution in [3.63, 3.8) is 0 Å². The lowest BCUT2D eigenvalue weighted by Gasteiger charge is -2.08. The molecular formula is C13H10F2N2OS. The molecule has 3 rings (SSSR count). The zero-order chi connectivity index (χ0) is 13.6. The van der Waals surface area contributed by atoms with Gasteiger partial charge in [-0.2, -0.15) is 0 Å². The molecule has 1 amide bonds. The van der Waals surface area contributed by atoms with E-state index in [0.717, 1.165) is 23.4 Å². The predicted molar refractivity (Wildman–Crippen MR) is 71.3 cm³/mol. The highest BCUT2D eigenvalue weighted by Crippen LogP contribution is 2.38. The van der Waals surface area contributed by atoms with Gasteiger partial charge in [0.1, 0.15) is 5.00 Å². The van der Waals surface area contributed by atoms with Crippen molar-refractivity contribution in [2.45, 2.75) is 13.3 Å². The second-order valence-electron chi connectivity index (χ2n) is 4.20. The quantitative estimate of drug-likeness (QED) is 0.831. The fraction of sp³-hybridized carbons (Fsp3) is 0.154. The Balaban J connectivity index is 2.13. The Morgan fingerprint density at radius 3 is 2.37 bits per heavy atom. The molecule has 0 fully saturated rings. The minimum atomic E-state index is -0.986. The Morgan fingerprint density at radius 1 is 1.11 bits per heavy atom. The topological polar surface area (TPSA) is 41.1 Å². The maximum absolute atomic E-state index is 13.3. The molecule has 0 spiro atoms. The Labute approximate surface area is 112 Å². The zero-order valence-electron chi connectivity index (χ0n) is 10.0. The highest BCUT2D eigenvalue weighted by Gasteiger charge is 2.23. The molecule has 2 heterocycles. The van der Waals surface area contributed by atoms with Crippen LogP contribution < -0.4 is 10.6 Å². The number of aryl methyl sites for hydroxylation is 1. The summed E-state index contributed by atoms with van der Waals surface area (Å²) in [5.74, 6) is -2.25. The van der Waals surface area contributed by atoms with Crippen molar-refractivity contribution < 1.29 is 13.6 Å². The van der Waals surface area contributed by atoms with Crippen LogP contribution in [0.25, 0.3) is 0 Å². The second-order valence-corrected chi connectivity index (χ2v) is 5.34. The maximum atomic E-state index is 13.3. The number of hydrogen-bond donors (Lipinski definition) is 2. The van der Waals surface area contributed by atoms with Crippen LogP contribution in [0.5, 0.6) is 0 Å². The zero-order valence-corrected chi connectivity index (χ0v) is 10.8. The first-order chi connectivity index (χ1) is 9.08. The van der Waals surface area contributed by atoms with Crippen LogP contribution in [0.2, 0.25) is 0 Å². The first kappa shape index (κ1) is 12.1. The van der Waals surface area contributed by atoms with Crippen molar-refractivity contribution in [3.8, 4) is 0 Å². The summed E-state index contributed by atoms with van der Waals surface area (Å²) in [7, 11) is 0. The fourth-order valence-electron chi connectivity index (χ4n) is 1.94. The summed E-state index contributed by atoms with van der Waals surface area (Å²) in [6, 6.07) is 3.82. The van der Waals surface area contributed by atoms with Crippen LogP contribution in [0, 0.1) is 11.6 Å². The third kappa shape index (κ3) is 1.98. The van der Waals surface area contributed by atoms with Crippen molar-refractivity contribution in [2.24, 2.45) is 0 Å². The van der Waals surface area contributed by atoms with Gasteiger partial charge in [-0.3, -0.25) is 4.79 Å². The van der Waals surface area contributed by atoms with Crippen LogP contribution in [0.4, 0.5) is 25.2 Å². The Morgan fingerprint density at radius 2 is 1.74 bits per heavy atom. The molecule has 2 N–H and O–H groups in total. The summed E-state index contributed by atoms with van der Waals surface area (Å²) >= 11 is 1.44. The minimum absolute atomic E-state index is 0.241. The van der Waals surface area contributed by atoms with E-state index >= 15 is 0 Å². The third-order valence-corrected chi connectivity index (χ3v) is 4.13. The molecule has 1 aromatic carbocycles. The summed E-state index contributed by atoms with van der Waals surface area (Å²) < 4.78 is 26.4. The first-order valence-corrected chi connectivity index (χ1v) is 6.60. The van der Waals surface area contributed by atoms with E-state index in [1.54, 1.807) is 6.07 Å². The summed E-state index contributed by atoms with van der Waals surface area (Å²) in [4.78, 5) is 13.1. The van der Waals surface area contributed by atoms with Gasteiger partial charge in [0, 0.05) is 17.0 Å². The minimum Gasteiger partial charge on any atom is -0.345 e. The number of benzene rings is 1. The summed E-state index contributed by atoms with van der Waals surface area (Å²) in [6.45, 7) is 1.99. The SMILES string of the molecule is CCc1cc2c(s1)Nc1cc(F)c(F)cc1NC2=O. The monoisotopic (exact) mass is 280 g/mol. The molecule has 1 aliphatic rings. The van der Waals surface area contributed by atoms with Crippen LogP contribution in [0.15, 0.2) is 18.2 Å². The Kier molecular flexibility index (Phi) is 2.74. The molecular weight excluding hydrogens is 270 g/mol. The van der Waals surface area contributed by atoms with Crippen molar-refractivity contribution in [3.05, 3.63) is 40.3 Å². The van der Waals surface area contributed by atoms with Crippen LogP contribution in [0.1, 0.15) is 22.2 Å². The molecule has 0 bridgehead atoms. The van der Waals surface area contributed by atoms with E-state index in [1.165, 1.54) is 11.3 Å². The number of rotatable bonds is 1. The highest BCUT2D eigenvalue weighted by molar-refractivity contribution is 7.16. The lowest BCUT2D eigenvalue weighted by atomic mass is 10.2. The highest BCUT2D eigenvalue weighted by atomic mass is 32.1. The summed E-state index contributed by atoms with van der Waals surface area (Å²) in [5.41, 5.74) is 1.10. The Bertz CT molecular complexity index is 682. The number of hydrogen-bond acceptors (Lipinski definition) is 3. The van der Waals surface area contributed by atoms with Gasteiger partial charge in [0.2, 0.25) is 0 Å². The van der Waals surface area contributed by atoms with Gasteiger partial charge >= 0.3 is 0 Å². The molecule has 0 aliphatic carbocycles. The van der Waals surface area contributed by atoms with Gasteiger partial charge in [-0.25, -0.2) is 8.78 Å². The third-order valence-electron chi connectivity index (χ3n) is 2.93. The van der Waals surface area contributed by atoms with E-state index in [0.29, 0.717) is 16.3 Å². The fourth-order valence-corrected chi connectivity index (χ4v) is 2.95. The molecule has 0 unspecified atom stereocenters. The number of anilines is 3. The van der Waals surface area contributed by atoms with Gasteiger partial charge in [-0.15, -0.1) is 11.3 Å². The number of thiophene rings is 1. The van der Waals surface area contributed by atoms with Crippen molar-refractivity contribution in [1.29, 1.82) is 0 Å². The molecule has 98 valence electrons. The van der Waals surface area contributed by atoms with E-state index in [-0.39, 0.29) is 11.6 Å². The lowest BCUT2D eigenvalue weighted by molar-refractivity contribution is 0.102. The summed E-state index contributed by atoms with van der Waals surface area (Å²) in [6.07, 6.45) is 0.817. The van der Waals surface area contributed by atoms with Gasteiger partial charge in [0.05, 0.1) is 16.9 Å². The standard InChI is InChI=1S/C13H10F2N2OS/c1-2-6-3-7-12(18)16-10-4-8(14)9(15)5-11(10)17-13(7)19-6/h3-5,17H,2H2,1H3,(H,16,18). The second kappa shape index (κ2) is 4.31. The van der Waals surface area contributed by atoms with E-state index in [4.69, 9.17) is 0 Å². The average Bonchev–Trinajstić information content (AvgIpc) is 2.73. The molecule has 1 aliphatic heterocycles. The molecule has 2 aromatic rings. The summed E-state index contributed by atoms with van der Waals surface area (Å²) in [5, 5.41) is 6.22. The number of fused-ring (bicyclic) bond motifs is 2. The maximum Gasteiger partial charge on any atom is 0.258 e. The van der Waals surface area contributed by atoms with Crippen LogP contribution >= 0.6 is 11.3 Å². The van der Waals surface area contributed by atoms with E-state index in [1.807, 2.05) is 6.92 Å². The largest absolute Gasteiger partial charge is 0.345 e. The van der Waals surface area contributed by atoms with Gasteiger partial charge < -0.3 is 10.6 Å². The van der Waals surface area contributed by atoms with Crippen LogP contribution in [-0.2, 0) is 6.42 Å². The van der Waals surface area contributed by atoms with E-state index < -0.39 is 11.6 Å². The number of halogens is 2. The Hall–Kier alpha value is -1.95. The van der Waals surface area contributed by atoms with Crippen molar-refractivity contribution in [2.75, 3.05) is 10.6 Å². The van der Waals surface area contributed by atoms with Crippen molar-refractivity contribution in [1.82, 2.24) is 0 Å². The molecule has 19 heavy (non-hydrogen) atoms. The predicted octanol–water partition coefficient (Wildman–Crippen LogP) is 3.90. The molecule has 0 saturated carbocycles. The average molecular weight is 280 g/mol. The number of amides is 1. The number of carbonyl (C=O) groups excluding carboxylic acids is 1. The molecule has 3 nitrogen and oxygen atoms in total. The smallest absolute Gasteiger partial charge is 0.258 e. The van der Waals surface area contributed by atoms with Gasteiger partial charge in [-0.1, -0.05) is 6.92 Å². The first-order valence-electron chi connectivity index (χ1n) is 5.78. The van der Waals surface area contributed by atoms with Crippen molar-refractivity contribution >= 4 is 33.6 Å².